The number of aliphatic hydroxyl groups excluding tert-OH is 1. The van der Waals surface area contributed by atoms with Crippen molar-refractivity contribution in [1.29, 1.82) is 0 Å². The highest BCUT2D eigenvalue weighted by molar-refractivity contribution is 4.75. The van der Waals surface area contributed by atoms with E-state index in [-0.39, 0.29) is 0 Å². The molecule has 1 aliphatic heterocycles. The fourth-order valence-corrected chi connectivity index (χ4v) is 2.63. The lowest BCUT2D eigenvalue weighted by Crippen LogP contribution is -2.35. The Balaban J connectivity index is 2.41. The molecule has 0 bridgehead atoms. The molecule has 2 nitrogen and oxygen atoms in total. The minimum atomic E-state index is -0.518. The van der Waals surface area contributed by atoms with Crippen LogP contribution < -0.4 is 0 Å². The lowest BCUT2D eigenvalue weighted by atomic mass is 9.82. The van der Waals surface area contributed by atoms with Crippen LogP contribution >= 0.6 is 0 Å². The second-order valence-corrected chi connectivity index (χ2v) is 5.84. The van der Waals surface area contributed by atoms with Crippen molar-refractivity contribution in [3.8, 4) is 0 Å². The SMILES string of the molecule is CC(C)CC1COC(O)C(CC(C)C)C1. The first-order valence-electron chi connectivity index (χ1n) is 6.28. The largest absolute Gasteiger partial charge is 0.368 e. The molecule has 15 heavy (non-hydrogen) atoms. The molecule has 0 amide bonds. The van der Waals surface area contributed by atoms with Crippen LogP contribution in [0.5, 0.6) is 0 Å². The molecule has 3 atom stereocenters. The van der Waals surface area contributed by atoms with Gasteiger partial charge in [-0.15, -0.1) is 0 Å². The quantitative estimate of drug-likeness (QED) is 0.779. The third-order valence-corrected chi connectivity index (χ3v) is 3.12. The fraction of sp³-hybridized carbons (Fsp3) is 1.00. The second-order valence-electron chi connectivity index (χ2n) is 5.84. The molecule has 1 saturated heterocycles. The Morgan fingerprint density at radius 3 is 2.27 bits per heavy atom. The summed E-state index contributed by atoms with van der Waals surface area (Å²) in [7, 11) is 0. The van der Waals surface area contributed by atoms with E-state index in [0.717, 1.165) is 25.4 Å². The summed E-state index contributed by atoms with van der Waals surface area (Å²) < 4.78 is 5.46. The molecule has 0 aromatic rings. The van der Waals surface area contributed by atoms with Gasteiger partial charge in [0.1, 0.15) is 0 Å². The van der Waals surface area contributed by atoms with E-state index in [0.29, 0.717) is 17.8 Å². The Kier molecular flexibility index (Phi) is 5.07. The number of aliphatic hydroxyl groups is 1. The molecule has 2 heteroatoms. The monoisotopic (exact) mass is 214 g/mol. The summed E-state index contributed by atoms with van der Waals surface area (Å²) in [4.78, 5) is 0. The standard InChI is InChI=1S/C13H26O2/c1-9(2)5-11-7-12(6-10(3)4)13(14)15-8-11/h9-14H,5-8H2,1-4H3. The number of ether oxygens (including phenoxy) is 1. The maximum atomic E-state index is 9.75. The van der Waals surface area contributed by atoms with Crippen molar-refractivity contribution in [2.45, 2.75) is 53.2 Å². The van der Waals surface area contributed by atoms with Gasteiger partial charge < -0.3 is 9.84 Å². The average molecular weight is 214 g/mol. The first-order chi connectivity index (χ1) is 6.99. The molecule has 1 aliphatic rings. The fourth-order valence-electron chi connectivity index (χ4n) is 2.63. The Morgan fingerprint density at radius 2 is 1.73 bits per heavy atom. The molecule has 1 N–H and O–H groups in total. The molecular formula is C13H26O2. The van der Waals surface area contributed by atoms with E-state index >= 15 is 0 Å². The molecule has 0 spiro atoms. The molecule has 0 aromatic heterocycles. The number of rotatable bonds is 4. The summed E-state index contributed by atoms with van der Waals surface area (Å²) in [5, 5.41) is 9.75. The average Bonchev–Trinajstić information content (AvgIpc) is 2.09. The predicted molar refractivity (Wildman–Crippen MR) is 62.5 cm³/mol. The van der Waals surface area contributed by atoms with Crippen LogP contribution in [0.15, 0.2) is 0 Å². The summed E-state index contributed by atoms with van der Waals surface area (Å²) in [6.45, 7) is 9.66. The molecule has 0 radical (unpaired) electrons. The topological polar surface area (TPSA) is 29.5 Å². The highest BCUT2D eigenvalue weighted by Crippen LogP contribution is 2.32. The van der Waals surface area contributed by atoms with Gasteiger partial charge in [-0.2, -0.15) is 0 Å². The summed E-state index contributed by atoms with van der Waals surface area (Å²) in [6.07, 6.45) is 2.92. The smallest absolute Gasteiger partial charge is 0.157 e. The van der Waals surface area contributed by atoms with Gasteiger partial charge in [0, 0.05) is 5.92 Å². The van der Waals surface area contributed by atoms with Crippen LogP contribution in [-0.4, -0.2) is 18.0 Å². The van der Waals surface area contributed by atoms with Crippen molar-refractivity contribution in [2.24, 2.45) is 23.7 Å². The summed E-state index contributed by atoms with van der Waals surface area (Å²) in [6, 6.07) is 0. The number of hydrogen-bond acceptors (Lipinski definition) is 2. The maximum absolute atomic E-state index is 9.75. The first kappa shape index (κ1) is 13.0. The maximum Gasteiger partial charge on any atom is 0.157 e. The first-order valence-corrected chi connectivity index (χ1v) is 6.28. The van der Waals surface area contributed by atoms with Gasteiger partial charge in [-0.3, -0.25) is 0 Å². The van der Waals surface area contributed by atoms with E-state index in [1.165, 1.54) is 6.42 Å². The summed E-state index contributed by atoms with van der Waals surface area (Å²) >= 11 is 0. The summed E-state index contributed by atoms with van der Waals surface area (Å²) in [5.74, 6) is 2.37. The van der Waals surface area contributed by atoms with Crippen LogP contribution in [0.4, 0.5) is 0 Å². The zero-order chi connectivity index (χ0) is 11.4. The van der Waals surface area contributed by atoms with E-state index in [1.54, 1.807) is 0 Å². The molecule has 3 unspecified atom stereocenters. The highest BCUT2D eigenvalue weighted by Gasteiger charge is 2.30. The van der Waals surface area contributed by atoms with Crippen LogP contribution in [0, 0.1) is 23.7 Å². The van der Waals surface area contributed by atoms with Gasteiger partial charge in [-0.05, 0) is 37.0 Å². The van der Waals surface area contributed by atoms with Crippen molar-refractivity contribution in [3.63, 3.8) is 0 Å². The van der Waals surface area contributed by atoms with Crippen LogP contribution in [0.3, 0.4) is 0 Å². The second kappa shape index (κ2) is 5.86. The van der Waals surface area contributed by atoms with Crippen molar-refractivity contribution < 1.29 is 9.84 Å². The Bertz CT molecular complexity index is 177. The van der Waals surface area contributed by atoms with Gasteiger partial charge in [-0.25, -0.2) is 0 Å². The van der Waals surface area contributed by atoms with Crippen LogP contribution in [0.25, 0.3) is 0 Å². The lowest BCUT2D eigenvalue weighted by Gasteiger charge is -2.35. The molecule has 1 heterocycles. The van der Waals surface area contributed by atoms with E-state index in [2.05, 4.69) is 27.7 Å². The third kappa shape index (κ3) is 4.52. The van der Waals surface area contributed by atoms with Gasteiger partial charge in [0.2, 0.25) is 0 Å². The minimum absolute atomic E-state index is 0.350. The lowest BCUT2D eigenvalue weighted by molar-refractivity contribution is -0.180. The van der Waals surface area contributed by atoms with Gasteiger partial charge in [0.05, 0.1) is 6.61 Å². The van der Waals surface area contributed by atoms with Crippen LogP contribution in [0.1, 0.15) is 47.0 Å². The van der Waals surface area contributed by atoms with Gasteiger partial charge in [-0.1, -0.05) is 27.7 Å². The van der Waals surface area contributed by atoms with E-state index in [4.69, 9.17) is 4.74 Å². The van der Waals surface area contributed by atoms with E-state index in [1.807, 2.05) is 0 Å². The third-order valence-electron chi connectivity index (χ3n) is 3.12. The molecule has 0 saturated carbocycles. The van der Waals surface area contributed by atoms with Crippen molar-refractivity contribution in [1.82, 2.24) is 0 Å². The summed E-state index contributed by atoms with van der Waals surface area (Å²) in [5.41, 5.74) is 0. The zero-order valence-corrected chi connectivity index (χ0v) is 10.6. The molecular weight excluding hydrogens is 188 g/mol. The van der Waals surface area contributed by atoms with Gasteiger partial charge in [0.15, 0.2) is 6.29 Å². The van der Waals surface area contributed by atoms with Crippen molar-refractivity contribution >= 4 is 0 Å². The highest BCUT2D eigenvalue weighted by atomic mass is 16.6. The zero-order valence-electron chi connectivity index (χ0n) is 10.6. The number of hydrogen-bond donors (Lipinski definition) is 1. The van der Waals surface area contributed by atoms with Crippen molar-refractivity contribution in [2.75, 3.05) is 6.61 Å². The predicted octanol–water partition coefficient (Wildman–Crippen LogP) is 3.05. The molecule has 1 fully saturated rings. The van der Waals surface area contributed by atoms with Crippen LogP contribution in [-0.2, 0) is 4.74 Å². The normalized spacial score (nSPS) is 32.6. The van der Waals surface area contributed by atoms with Gasteiger partial charge in [0.25, 0.3) is 0 Å². The van der Waals surface area contributed by atoms with E-state index in [9.17, 15) is 5.11 Å². The molecule has 90 valence electrons. The molecule has 1 rings (SSSR count). The Morgan fingerprint density at radius 1 is 1.13 bits per heavy atom. The minimum Gasteiger partial charge on any atom is -0.368 e. The van der Waals surface area contributed by atoms with Crippen LogP contribution in [0.2, 0.25) is 0 Å². The molecule has 0 aliphatic carbocycles. The van der Waals surface area contributed by atoms with Gasteiger partial charge >= 0.3 is 0 Å². The van der Waals surface area contributed by atoms with E-state index < -0.39 is 6.29 Å². The Hall–Kier alpha value is -0.0800. The van der Waals surface area contributed by atoms with Crippen molar-refractivity contribution in [3.05, 3.63) is 0 Å². The molecule has 0 aromatic carbocycles. The Labute approximate surface area is 94.0 Å².